The number of halogens is 2. The fourth-order valence-electron chi connectivity index (χ4n) is 2.50. The Balaban J connectivity index is 1.97. The largest absolute Gasteiger partial charge is 0.485 e. The second-order valence-corrected chi connectivity index (χ2v) is 6.36. The van der Waals surface area contributed by atoms with Crippen molar-refractivity contribution in [3.63, 3.8) is 0 Å². The molecular formula is C16H14BrClO2. The van der Waals surface area contributed by atoms with Gasteiger partial charge in [-0.3, -0.25) is 0 Å². The molecule has 4 heteroatoms. The van der Waals surface area contributed by atoms with E-state index in [0.29, 0.717) is 17.2 Å². The number of aryl methyl sites for hydroxylation is 1. The first-order valence-corrected chi connectivity index (χ1v) is 7.62. The summed E-state index contributed by atoms with van der Waals surface area (Å²) >= 11 is 9.54. The lowest BCUT2D eigenvalue weighted by molar-refractivity contribution is 0.0654. The number of ether oxygens (including phenoxy) is 1. The molecule has 104 valence electrons. The van der Waals surface area contributed by atoms with Crippen LogP contribution in [0, 0.1) is 6.92 Å². The molecule has 0 amide bonds. The van der Waals surface area contributed by atoms with Gasteiger partial charge in [-0.15, -0.1) is 0 Å². The average Bonchev–Trinajstić information content (AvgIpc) is 2.39. The van der Waals surface area contributed by atoms with Gasteiger partial charge in [0.25, 0.3) is 0 Å². The minimum atomic E-state index is -0.560. The Hall–Kier alpha value is -1.03. The summed E-state index contributed by atoms with van der Waals surface area (Å²) in [6, 6.07) is 11.5. The van der Waals surface area contributed by atoms with E-state index in [2.05, 4.69) is 22.0 Å². The van der Waals surface area contributed by atoms with Gasteiger partial charge in [0.2, 0.25) is 0 Å². The molecule has 0 fully saturated rings. The maximum Gasteiger partial charge on any atom is 0.128 e. The third kappa shape index (κ3) is 2.58. The number of fused-ring (bicyclic) bond motifs is 1. The monoisotopic (exact) mass is 352 g/mol. The van der Waals surface area contributed by atoms with Crippen LogP contribution < -0.4 is 4.74 Å². The van der Waals surface area contributed by atoms with E-state index in [1.54, 1.807) is 12.1 Å². The molecule has 0 saturated carbocycles. The second kappa shape index (κ2) is 5.40. The first kappa shape index (κ1) is 13.9. The van der Waals surface area contributed by atoms with Gasteiger partial charge in [0, 0.05) is 27.0 Å². The lowest BCUT2D eigenvalue weighted by Gasteiger charge is -2.30. The van der Waals surface area contributed by atoms with Gasteiger partial charge >= 0.3 is 0 Å². The molecule has 1 heterocycles. The Labute approximate surface area is 131 Å². The van der Waals surface area contributed by atoms with Crippen molar-refractivity contribution in [2.24, 2.45) is 0 Å². The normalized spacial score (nSPS) is 21.2. The van der Waals surface area contributed by atoms with E-state index in [1.165, 1.54) is 5.56 Å². The molecule has 1 aliphatic rings. The Morgan fingerprint density at radius 3 is 2.75 bits per heavy atom. The summed E-state index contributed by atoms with van der Waals surface area (Å²) < 4.78 is 7.02. The molecular weight excluding hydrogens is 340 g/mol. The fourth-order valence-corrected chi connectivity index (χ4v) is 3.43. The zero-order valence-corrected chi connectivity index (χ0v) is 13.3. The van der Waals surface area contributed by atoms with Crippen molar-refractivity contribution in [2.45, 2.75) is 25.6 Å². The smallest absolute Gasteiger partial charge is 0.128 e. The SMILES string of the molecule is Cc1ccc(C2CC(O)c3cc(Cl)ccc3O2)c(Br)c1. The van der Waals surface area contributed by atoms with E-state index in [-0.39, 0.29) is 6.10 Å². The average molecular weight is 354 g/mol. The van der Waals surface area contributed by atoms with Gasteiger partial charge in [-0.2, -0.15) is 0 Å². The molecule has 0 aliphatic carbocycles. The molecule has 2 atom stereocenters. The van der Waals surface area contributed by atoms with E-state index < -0.39 is 6.10 Å². The topological polar surface area (TPSA) is 29.5 Å². The molecule has 0 saturated heterocycles. The van der Waals surface area contributed by atoms with Gasteiger partial charge in [0.1, 0.15) is 11.9 Å². The molecule has 20 heavy (non-hydrogen) atoms. The summed E-state index contributed by atoms with van der Waals surface area (Å²) in [5.41, 5.74) is 3.00. The van der Waals surface area contributed by atoms with Gasteiger partial charge in [0.15, 0.2) is 0 Å². The Kier molecular flexibility index (Phi) is 3.76. The summed E-state index contributed by atoms with van der Waals surface area (Å²) in [5, 5.41) is 10.9. The van der Waals surface area contributed by atoms with E-state index in [9.17, 15) is 5.11 Å². The van der Waals surface area contributed by atoms with Crippen LogP contribution in [0.3, 0.4) is 0 Å². The highest BCUT2D eigenvalue weighted by Gasteiger charge is 2.29. The summed E-state index contributed by atoms with van der Waals surface area (Å²) in [4.78, 5) is 0. The summed E-state index contributed by atoms with van der Waals surface area (Å²) in [6.45, 7) is 2.04. The van der Waals surface area contributed by atoms with Crippen LogP contribution in [-0.4, -0.2) is 5.11 Å². The molecule has 2 nitrogen and oxygen atoms in total. The fraction of sp³-hybridized carbons (Fsp3) is 0.250. The minimum absolute atomic E-state index is 0.159. The zero-order chi connectivity index (χ0) is 14.3. The molecule has 0 bridgehead atoms. The molecule has 0 aromatic heterocycles. The quantitative estimate of drug-likeness (QED) is 0.784. The first-order chi connectivity index (χ1) is 9.54. The molecule has 0 spiro atoms. The minimum Gasteiger partial charge on any atom is -0.485 e. The highest BCUT2D eigenvalue weighted by molar-refractivity contribution is 9.10. The maximum atomic E-state index is 10.3. The number of aliphatic hydroxyl groups is 1. The van der Waals surface area contributed by atoms with Crippen molar-refractivity contribution in [3.8, 4) is 5.75 Å². The third-order valence-electron chi connectivity index (χ3n) is 3.54. The maximum absolute atomic E-state index is 10.3. The molecule has 2 aromatic carbocycles. The van der Waals surface area contributed by atoms with Crippen molar-refractivity contribution in [1.82, 2.24) is 0 Å². The van der Waals surface area contributed by atoms with E-state index in [4.69, 9.17) is 16.3 Å². The van der Waals surface area contributed by atoms with Crippen LogP contribution in [0.2, 0.25) is 5.02 Å². The highest BCUT2D eigenvalue weighted by Crippen LogP contribution is 2.43. The number of aliphatic hydroxyl groups excluding tert-OH is 1. The Morgan fingerprint density at radius 1 is 1.20 bits per heavy atom. The lowest BCUT2D eigenvalue weighted by Crippen LogP contribution is -2.19. The zero-order valence-electron chi connectivity index (χ0n) is 10.9. The van der Waals surface area contributed by atoms with Gasteiger partial charge < -0.3 is 9.84 Å². The van der Waals surface area contributed by atoms with Gasteiger partial charge in [0.05, 0.1) is 6.10 Å². The van der Waals surface area contributed by atoms with Crippen molar-refractivity contribution < 1.29 is 9.84 Å². The van der Waals surface area contributed by atoms with Crippen molar-refractivity contribution in [1.29, 1.82) is 0 Å². The van der Waals surface area contributed by atoms with Crippen LogP contribution in [0.15, 0.2) is 40.9 Å². The van der Waals surface area contributed by atoms with Crippen LogP contribution in [0.25, 0.3) is 0 Å². The van der Waals surface area contributed by atoms with E-state index in [0.717, 1.165) is 15.6 Å². The molecule has 2 unspecified atom stereocenters. The lowest BCUT2D eigenvalue weighted by atomic mass is 9.94. The second-order valence-electron chi connectivity index (χ2n) is 5.07. The first-order valence-electron chi connectivity index (χ1n) is 6.45. The van der Waals surface area contributed by atoms with Crippen LogP contribution in [0.4, 0.5) is 0 Å². The van der Waals surface area contributed by atoms with E-state index >= 15 is 0 Å². The third-order valence-corrected chi connectivity index (χ3v) is 4.46. The number of rotatable bonds is 1. The number of hydrogen-bond donors (Lipinski definition) is 1. The molecule has 1 N–H and O–H groups in total. The van der Waals surface area contributed by atoms with Crippen LogP contribution >= 0.6 is 27.5 Å². The predicted octanol–water partition coefficient (Wildman–Crippen LogP) is 4.97. The summed E-state index contributed by atoms with van der Waals surface area (Å²) in [7, 11) is 0. The van der Waals surface area contributed by atoms with Crippen LogP contribution in [0.1, 0.15) is 35.3 Å². The van der Waals surface area contributed by atoms with Crippen LogP contribution in [0.5, 0.6) is 5.75 Å². The molecule has 0 radical (unpaired) electrons. The summed E-state index contributed by atoms with van der Waals surface area (Å²) in [5.74, 6) is 0.700. The van der Waals surface area contributed by atoms with Crippen LogP contribution in [-0.2, 0) is 0 Å². The van der Waals surface area contributed by atoms with E-state index in [1.807, 2.05) is 25.1 Å². The van der Waals surface area contributed by atoms with Gasteiger partial charge in [-0.05, 0) is 36.8 Å². The molecule has 2 aromatic rings. The van der Waals surface area contributed by atoms with Crippen molar-refractivity contribution >= 4 is 27.5 Å². The van der Waals surface area contributed by atoms with Crippen molar-refractivity contribution in [3.05, 3.63) is 62.6 Å². The van der Waals surface area contributed by atoms with Gasteiger partial charge in [-0.25, -0.2) is 0 Å². The number of benzene rings is 2. The molecule has 3 rings (SSSR count). The van der Waals surface area contributed by atoms with Gasteiger partial charge in [-0.1, -0.05) is 39.7 Å². The predicted molar refractivity (Wildman–Crippen MR) is 83.3 cm³/mol. The highest BCUT2D eigenvalue weighted by atomic mass is 79.9. The summed E-state index contributed by atoms with van der Waals surface area (Å²) in [6.07, 6.45) is -0.195. The standard InChI is InChI=1S/C16H14BrClO2/c1-9-2-4-11(13(17)6-9)16-8-14(19)12-7-10(18)3-5-15(12)20-16/h2-7,14,16,19H,8H2,1H3. The Bertz CT molecular complexity index is 657. The van der Waals surface area contributed by atoms with Crippen molar-refractivity contribution in [2.75, 3.05) is 0 Å². The molecule has 1 aliphatic heterocycles. The Morgan fingerprint density at radius 2 is 2.00 bits per heavy atom. The number of hydrogen-bond acceptors (Lipinski definition) is 2.